The number of nitrogens with one attached hydrogen (secondary N) is 1. The predicted molar refractivity (Wildman–Crippen MR) is 124 cm³/mol. The Morgan fingerprint density at radius 1 is 1.16 bits per heavy atom. The highest BCUT2D eigenvalue weighted by Gasteiger charge is 2.32. The zero-order chi connectivity index (χ0) is 23.0. The smallest absolute Gasteiger partial charge is 0.257 e. The molecule has 2 atom stereocenters. The second-order valence-corrected chi connectivity index (χ2v) is 10.8. The first-order chi connectivity index (χ1) is 15.2. The van der Waals surface area contributed by atoms with Crippen LogP contribution in [0.3, 0.4) is 0 Å². The third kappa shape index (κ3) is 4.36. The second-order valence-electron chi connectivity index (χ2n) is 7.84. The lowest BCUT2D eigenvalue weighted by Crippen LogP contribution is -2.48. The van der Waals surface area contributed by atoms with Gasteiger partial charge in [0.15, 0.2) is 5.13 Å². The van der Waals surface area contributed by atoms with Crippen molar-refractivity contribution in [3.63, 3.8) is 0 Å². The van der Waals surface area contributed by atoms with E-state index in [0.29, 0.717) is 35.1 Å². The van der Waals surface area contributed by atoms with Gasteiger partial charge in [-0.15, -0.1) is 0 Å². The molecule has 0 bridgehead atoms. The molecular formula is C22H25N3O5S2. The number of ether oxygens (including phenoxy) is 2. The molecule has 0 saturated carbocycles. The van der Waals surface area contributed by atoms with Crippen molar-refractivity contribution < 1.29 is 22.7 Å². The molecule has 10 heteroatoms. The van der Waals surface area contributed by atoms with E-state index >= 15 is 0 Å². The van der Waals surface area contributed by atoms with Crippen LogP contribution in [0.2, 0.25) is 0 Å². The molecule has 0 spiro atoms. The molecule has 0 radical (unpaired) electrons. The maximum absolute atomic E-state index is 13.0. The van der Waals surface area contributed by atoms with Crippen molar-refractivity contribution in [2.45, 2.75) is 37.9 Å². The number of sulfonamides is 1. The Morgan fingerprint density at radius 2 is 1.81 bits per heavy atom. The molecule has 1 amide bonds. The number of nitrogens with zero attached hydrogens (tertiary/aromatic N) is 2. The summed E-state index contributed by atoms with van der Waals surface area (Å²) in [5.74, 6) is 0.280. The summed E-state index contributed by atoms with van der Waals surface area (Å²) >= 11 is 1.37. The minimum atomic E-state index is -3.66. The van der Waals surface area contributed by atoms with Crippen LogP contribution in [-0.4, -0.2) is 56.0 Å². The normalized spacial score (nSPS) is 19.8. The van der Waals surface area contributed by atoms with Gasteiger partial charge in [-0.25, -0.2) is 13.4 Å². The Balaban J connectivity index is 1.52. The van der Waals surface area contributed by atoms with Crippen LogP contribution in [0.25, 0.3) is 10.2 Å². The number of rotatable bonds is 5. The van der Waals surface area contributed by atoms with Crippen molar-refractivity contribution in [1.82, 2.24) is 9.29 Å². The number of hydrogen-bond donors (Lipinski definition) is 1. The van der Waals surface area contributed by atoms with Crippen LogP contribution in [0.15, 0.2) is 41.3 Å². The van der Waals surface area contributed by atoms with Crippen molar-refractivity contribution in [2.75, 3.05) is 25.5 Å². The molecule has 1 aliphatic heterocycles. The maximum atomic E-state index is 13.0. The van der Waals surface area contributed by atoms with E-state index < -0.39 is 10.0 Å². The molecule has 1 saturated heterocycles. The van der Waals surface area contributed by atoms with Crippen molar-refractivity contribution in [2.24, 2.45) is 0 Å². The summed E-state index contributed by atoms with van der Waals surface area (Å²) in [5, 5.41) is 3.25. The molecule has 8 nitrogen and oxygen atoms in total. The largest absolute Gasteiger partial charge is 0.494 e. The van der Waals surface area contributed by atoms with E-state index in [1.807, 2.05) is 32.9 Å². The molecule has 1 N–H and O–H groups in total. The van der Waals surface area contributed by atoms with E-state index in [-0.39, 0.29) is 23.0 Å². The number of aryl methyl sites for hydroxylation is 1. The number of thiazole rings is 1. The summed E-state index contributed by atoms with van der Waals surface area (Å²) in [6, 6.07) is 9.72. The van der Waals surface area contributed by atoms with Gasteiger partial charge in [0, 0.05) is 18.7 Å². The SMILES string of the molecule is COc1ccc(C)c2sc(NC(=O)c3ccc(S(=O)(=O)N4C[C@@H](C)O[C@H](C)C4)cc3)nc12. The first-order valence-corrected chi connectivity index (χ1v) is 12.5. The molecular weight excluding hydrogens is 450 g/mol. The lowest BCUT2D eigenvalue weighted by Gasteiger charge is -2.34. The second kappa shape index (κ2) is 8.78. The lowest BCUT2D eigenvalue weighted by molar-refractivity contribution is -0.0440. The molecule has 2 aromatic carbocycles. The number of amides is 1. The highest BCUT2D eigenvalue weighted by Crippen LogP contribution is 2.35. The fraction of sp³-hybridized carbons (Fsp3) is 0.364. The Bertz CT molecular complexity index is 1240. The molecule has 2 heterocycles. The van der Waals surface area contributed by atoms with Crippen LogP contribution in [0, 0.1) is 6.92 Å². The molecule has 1 aromatic heterocycles. The summed E-state index contributed by atoms with van der Waals surface area (Å²) in [7, 11) is -2.08. The zero-order valence-electron chi connectivity index (χ0n) is 18.3. The minimum Gasteiger partial charge on any atom is -0.494 e. The van der Waals surface area contributed by atoms with Gasteiger partial charge < -0.3 is 9.47 Å². The van der Waals surface area contributed by atoms with E-state index in [9.17, 15) is 13.2 Å². The van der Waals surface area contributed by atoms with E-state index in [2.05, 4.69) is 10.3 Å². The summed E-state index contributed by atoms with van der Waals surface area (Å²) < 4.78 is 39.3. The number of aromatic nitrogens is 1. The molecule has 0 unspecified atom stereocenters. The Hall–Kier alpha value is -2.53. The Kier molecular flexibility index (Phi) is 6.22. The molecule has 170 valence electrons. The van der Waals surface area contributed by atoms with Crippen LogP contribution < -0.4 is 10.1 Å². The molecule has 3 aromatic rings. The first kappa shape index (κ1) is 22.7. The van der Waals surface area contributed by atoms with Crippen molar-refractivity contribution >= 4 is 42.6 Å². The van der Waals surface area contributed by atoms with Gasteiger partial charge in [-0.2, -0.15) is 4.31 Å². The van der Waals surface area contributed by atoms with Crippen LogP contribution in [-0.2, 0) is 14.8 Å². The average molecular weight is 476 g/mol. The van der Waals surface area contributed by atoms with Crippen LogP contribution in [0.4, 0.5) is 5.13 Å². The highest BCUT2D eigenvalue weighted by molar-refractivity contribution is 7.89. The van der Waals surface area contributed by atoms with E-state index in [1.54, 1.807) is 7.11 Å². The standard InChI is InChI=1S/C22H25N3O5S2/c1-13-5-10-18(29-4)19-20(13)31-22(23-19)24-21(26)16-6-8-17(9-7-16)32(27,28)25-11-14(2)30-15(3)12-25/h5-10,14-15H,11-12H2,1-4H3,(H,23,24,26)/t14-,15-/m1/s1. The van der Waals surface area contributed by atoms with Crippen molar-refractivity contribution in [3.8, 4) is 5.75 Å². The number of carbonyl (C=O) groups excluding carboxylic acids is 1. The van der Waals surface area contributed by atoms with Crippen LogP contribution >= 0.6 is 11.3 Å². The fourth-order valence-corrected chi connectivity index (χ4v) is 6.29. The van der Waals surface area contributed by atoms with Gasteiger partial charge in [-0.1, -0.05) is 17.4 Å². The van der Waals surface area contributed by atoms with Gasteiger partial charge in [0.2, 0.25) is 10.0 Å². The van der Waals surface area contributed by atoms with Crippen LogP contribution in [0.1, 0.15) is 29.8 Å². The number of hydrogen-bond acceptors (Lipinski definition) is 7. The van der Waals surface area contributed by atoms with Crippen molar-refractivity contribution in [1.29, 1.82) is 0 Å². The van der Waals surface area contributed by atoms with Gasteiger partial charge in [0.1, 0.15) is 11.3 Å². The number of methoxy groups -OCH3 is 1. The van der Waals surface area contributed by atoms with Gasteiger partial charge in [-0.05, 0) is 56.7 Å². The molecule has 32 heavy (non-hydrogen) atoms. The molecule has 1 aliphatic rings. The summed E-state index contributed by atoms with van der Waals surface area (Å²) in [6.07, 6.45) is -0.343. The van der Waals surface area contributed by atoms with Gasteiger partial charge in [-0.3, -0.25) is 10.1 Å². The van der Waals surface area contributed by atoms with E-state index in [1.165, 1.54) is 39.9 Å². The third-order valence-electron chi connectivity index (χ3n) is 5.28. The fourth-order valence-electron chi connectivity index (χ4n) is 3.75. The predicted octanol–water partition coefficient (Wildman–Crippen LogP) is 3.66. The van der Waals surface area contributed by atoms with Crippen molar-refractivity contribution in [3.05, 3.63) is 47.5 Å². The topological polar surface area (TPSA) is 97.8 Å². The molecule has 0 aliphatic carbocycles. The van der Waals surface area contributed by atoms with E-state index in [0.717, 1.165) is 10.3 Å². The summed E-state index contributed by atoms with van der Waals surface area (Å²) in [5.41, 5.74) is 2.08. The van der Waals surface area contributed by atoms with E-state index in [4.69, 9.17) is 9.47 Å². The van der Waals surface area contributed by atoms with Crippen LogP contribution in [0.5, 0.6) is 5.75 Å². The monoisotopic (exact) mass is 475 g/mol. The number of anilines is 1. The number of benzene rings is 2. The summed E-state index contributed by atoms with van der Waals surface area (Å²) in [4.78, 5) is 17.4. The zero-order valence-corrected chi connectivity index (χ0v) is 19.9. The molecule has 1 fully saturated rings. The summed E-state index contributed by atoms with van der Waals surface area (Å²) in [6.45, 7) is 6.28. The average Bonchev–Trinajstić information content (AvgIpc) is 3.18. The Morgan fingerprint density at radius 3 is 2.44 bits per heavy atom. The lowest BCUT2D eigenvalue weighted by atomic mass is 10.2. The number of carbonyl (C=O) groups is 1. The Labute approximate surface area is 191 Å². The maximum Gasteiger partial charge on any atom is 0.257 e. The van der Waals surface area contributed by atoms with Gasteiger partial charge >= 0.3 is 0 Å². The van der Waals surface area contributed by atoms with Gasteiger partial charge in [0.25, 0.3) is 5.91 Å². The quantitative estimate of drug-likeness (QED) is 0.605. The number of fused-ring (bicyclic) bond motifs is 1. The third-order valence-corrected chi connectivity index (χ3v) is 8.24. The minimum absolute atomic E-state index is 0.149. The number of morpholine rings is 1. The first-order valence-electron chi connectivity index (χ1n) is 10.2. The molecule has 4 rings (SSSR count). The van der Waals surface area contributed by atoms with Gasteiger partial charge in [0.05, 0.1) is 28.9 Å². The highest BCUT2D eigenvalue weighted by atomic mass is 32.2.